The van der Waals surface area contributed by atoms with Crippen LogP contribution < -0.4 is 0 Å². The molecule has 0 N–H and O–H groups in total. The topological polar surface area (TPSA) is 15.7 Å². The largest absolute Gasteiger partial charge is 0.367 e. The van der Waals surface area contributed by atoms with E-state index in [1.54, 1.807) is 0 Å². The molecule has 0 amide bonds. The summed E-state index contributed by atoms with van der Waals surface area (Å²) >= 11 is 0. The first-order valence-electron chi connectivity index (χ1n) is 8.34. The average molecular weight is 310 g/mol. The molecule has 1 heterocycles. The highest BCUT2D eigenvalue weighted by Crippen LogP contribution is 2.26. The molecule has 0 saturated carbocycles. The van der Waals surface area contributed by atoms with Crippen LogP contribution in [0.25, 0.3) is 0 Å². The van der Waals surface area contributed by atoms with Gasteiger partial charge >= 0.3 is 0 Å². The molecule has 0 spiro atoms. The smallest absolute Gasteiger partial charge is 0.108 e. The van der Waals surface area contributed by atoms with Crippen molar-refractivity contribution in [2.75, 3.05) is 40.3 Å². The minimum absolute atomic E-state index is 0.00182. The third kappa shape index (κ3) is 4.20. The van der Waals surface area contributed by atoms with Gasteiger partial charge in [-0.2, -0.15) is 0 Å². The zero-order valence-corrected chi connectivity index (χ0v) is 14.1. The van der Waals surface area contributed by atoms with Crippen LogP contribution in [0.2, 0.25) is 0 Å². The van der Waals surface area contributed by atoms with E-state index in [-0.39, 0.29) is 6.10 Å². The molecule has 23 heavy (non-hydrogen) atoms. The molecule has 3 rings (SSSR count). The minimum Gasteiger partial charge on any atom is -0.367 e. The third-order valence-electron chi connectivity index (χ3n) is 4.64. The summed E-state index contributed by atoms with van der Waals surface area (Å²) in [6.07, 6.45) is -0.00182. The number of benzene rings is 2. The Bertz CT molecular complexity index is 548. The predicted octanol–water partition coefficient (Wildman–Crippen LogP) is 3.04. The van der Waals surface area contributed by atoms with Gasteiger partial charge in [-0.1, -0.05) is 60.7 Å². The number of hydrogen-bond donors (Lipinski definition) is 0. The molecule has 2 aromatic carbocycles. The van der Waals surface area contributed by atoms with Gasteiger partial charge in [-0.05, 0) is 25.2 Å². The van der Waals surface area contributed by atoms with Crippen LogP contribution in [0.15, 0.2) is 60.7 Å². The monoisotopic (exact) mass is 310 g/mol. The Morgan fingerprint density at radius 2 is 1.48 bits per heavy atom. The molecule has 0 radical (unpaired) electrons. The van der Waals surface area contributed by atoms with Crippen molar-refractivity contribution in [2.45, 2.75) is 12.1 Å². The second kappa shape index (κ2) is 7.73. The predicted molar refractivity (Wildman–Crippen MR) is 94.6 cm³/mol. The first-order valence-corrected chi connectivity index (χ1v) is 8.34. The lowest BCUT2D eigenvalue weighted by Crippen LogP contribution is -2.52. The van der Waals surface area contributed by atoms with Gasteiger partial charge in [-0.25, -0.2) is 0 Å². The van der Waals surface area contributed by atoms with Gasteiger partial charge in [0.15, 0.2) is 0 Å². The fourth-order valence-corrected chi connectivity index (χ4v) is 3.13. The highest BCUT2D eigenvalue weighted by atomic mass is 16.5. The van der Waals surface area contributed by atoms with Gasteiger partial charge in [-0.15, -0.1) is 0 Å². The van der Waals surface area contributed by atoms with Crippen LogP contribution in [0.1, 0.15) is 17.2 Å². The number of hydrogen-bond acceptors (Lipinski definition) is 3. The summed E-state index contributed by atoms with van der Waals surface area (Å²) in [5.74, 6) is 0. The number of likely N-dealkylation sites (N-methyl/N-ethyl adjacent to an activating group) is 2. The van der Waals surface area contributed by atoms with Crippen LogP contribution in [-0.4, -0.2) is 56.2 Å². The Balaban J connectivity index is 1.74. The van der Waals surface area contributed by atoms with Crippen molar-refractivity contribution in [3.05, 3.63) is 71.8 Å². The van der Waals surface area contributed by atoms with Crippen molar-refractivity contribution in [1.82, 2.24) is 9.80 Å². The quantitative estimate of drug-likeness (QED) is 0.844. The van der Waals surface area contributed by atoms with Gasteiger partial charge in [0.2, 0.25) is 0 Å². The molecule has 0 aromatic heterocycles. The lowest BCUT2D eigenvalue weighted by Gasteiger charge is -2.38. The molecule has 2 aromatic rings. The van der Waals surface area contributed by atoms with E-state index < -0.39 is 0 Å². The van der Waals surface area contributed by atoms with E-state index in [0.717, 1.165) is 26.2 Å². The highest BCUT2D eigenvalue weighted by molar-refractivity contribution is 5.29. The summed E-state index contributed by atoms with van der Waals surface area (Å²) in [6.45, 7) is 4.04. The van der Waals surface area contributed by atoms with Gasteiger partial charge in [0.1, 0.15) is 6.10 Å². The fraction of sp³-hybridized carbons (Fsp3) is 0.400. The first kappa shape index (κ1) is 16.2. The second-order valence-electron chi connectivity index (χ2n) is 6.43. The number of ether oxygens (including phenoxy) is 1. The van der Waals surface area contributed by atoms with E-state index in [2.05, 4.69) is 84.6 Å². The van der Waals surface area contributed by atoms with Crippen molar-refractivity contribution in [1.29, 1.82) is 0 Å². The maximum Gasteiger partial charge on any atom is 0.108 e. The number of piperazine rings is 1. The third-order valence-corrected chi connectivity index (χ3v) is 4.64. The molecule has 1 fully saturated rings. The molecule has 3 heteroatoms. The molecule has 1 saturated heterocycles. The molecule has 0 aliphatic carbocycles. The molecule has 3 nitrogen and oxygen atoms in total. The Labute approximate surface area is 139 Å². The summed E-state index contributed by atoms with van der Waals surface area (Å²) in [4.78, 5) is 4.79. The maximum atomic E-state index is 6.40. The Morgan fingerprint density at radius 3 is 2.04 bits per heavy atom. The van der Waals surface area contributed by atoms with Crippen molar-refractivity contribution in [2.24, 2.45) is 0 Å². The average Bonchev–Trinajstić information content (AvgIpc) is 2.60. The van der Waals surface area contributed by atoms with E-state index in [9.17, 15) is 0 Å². The van der Waals surface area contributed by atoms with Crippen molar-refractivity contribution < 1.29 is 4.74 Å². The second-order valence-corrected chi connectivity index (χ2v) is 6.43. The molecular weight excluding hydrogens is 284 g/mol. The Morgan fingerprint density at radius 1 is 0.913 bits per heavy atom. The van der Waals surface area contributed by atoms with E-state index in [1.807, 2.05) is 0 Å². The SMILES string of the molecule is CN1CCN(C)C(COC(c2ccccc2)c2ccccc2)C1. The Kier molecular flexibility index (Phi) is 5.44. The van der Waals surface area contributed by atoms with Gasteiger partial charge < -0.3 is 9.64 Å². The first-order chi connectivity index (χ1) is 11.2. The lowest BCUT2D eigenvalue weighted by molar-refractivity contribution is 0.00438. The van der Waals surface area contributed by atoms with E-state index >= 15 is 0 Å². The molecule has 1 aliphatic heterocycles. The van der Waals surface area contributed by atoms with Gasteiger partial charge in [0.05, 0.1) is 6.61 Å². The van der Waals surface area contributed by atoms with Crippen LogP contribution >= 0.6 is 0 Å². The van der Waals surface area contributed by atoms with E-state index in [0.29, 0.717) is 6.04 Å². The molecule has 1 aliphatic rings. The zero-order valence-electron chi connectivity index (χ0n) is 14.1. The van der Waals surface area contributed by atoms with Crippen LogP contribution in [-0.2, 0) is 4.74 Å². The van der Waals surface area contributed by atoms with Crippen molar-refractivity contribution in [3.8, 4) is 0 Å². The minimum atomic E-state index is -0.00182. The summed E-state index contributed by atoms with van der Waals surface area (Å²) in [6, 6.07) is 21.5. The van der Waals surface area contributed by atoms with Crippen molar-refractivity contribution in [3.63, 3.8) is 0 Å². The Hall–Kier alpha value is -1.68. The van der Waals surface area contributed by atoms with Crippen LogP contribution in [0.3, 0.4) is 0 Å². The van der Waals surface area contributed by atoms with Crippen LogP contribution in [0.4, 0.5) is 0 Å². The van der Waals surface area contributed by atoms with E-state index in [1.165, 1.54) is 11.1 Å². The highest BCUT2D eigenvalue weighted by Gasteiger charge is 2.24. The van der Waals surface area contributed by atoms with Crippen molar-refractivity contribution >= 4 is 0 Å². The lowest BCUT2D eigenvalue weighted by atomic mass is 10.0. The van der Waals surface area contributed by atoms with Crippen LogP contribution in [0, 0.1) is 0 Å². The van der Waals surface area contributed by atoms with Gasteiger partial charge in [-0.3, -0.25) is 4.90 Å². The molecular formula is C20H26N2O. The van der Waals surface area contributed by atoms with E-state index in [4.69, 9.17) is 4.74 Å². The fourth-order valence-electron chi connectivity index (χ4n) is 3.13. The summed E-state index contributed by atoms with van der Waals surface area (Å²) < 4.78 is 6.40. The molecule has 1 unspecified atom stereocenters. The molecule has 1 atom stereocenters. The summed E-state index contributed by atoms with van der Waals surface area (Å²) in [5, 5.41) is 0. The number of rotatable bonds is 5. The van der Waals surface area contributed by atoms with Gasteiger partial charge in [0.25, 0.3) is 0 Å². The van der Waals surface area contributed by atoms with Crippen LogP contribution in [0.5, 0.6) is 0 Å². The maximum absolute atomic E-state index is 6.40. The zero-order chi connectivity index (χ0) is 16.1. The number of nitrogens with zero attached hydrogens (tertiary/aromatic N) is 2. The molecule has 0 bridgehead atoms. The summed E-state index contributed by atoms with van der Waals surface area (Å²) in [7, 11) is 4.38. The summed E-state index contributed by atoms with van der Waals surface area (Å²) in [5.41, 5.74) is 2.43. The van der Waals surface area contributed by atoms with Gasteiger partial charge in [0, 0.05) is 25.7 Å². The normalized spacial score (nSPS) is 20.0. The standard InChI is InChI=1S/C20H26N2O/c1-21-13-14-22(2)19(15-21)16-23-20(17-9-5-3-6-10-17)18-11-7-4-8-12-18/h3-12,19-20H,13-16H2,1-2H3. The molecule has 122 valence electrons.